The Morgan fingerprint density at radius 2 is 1.94 bits per heavy atom. The first kappa shape index (κ1) is 13.0. The molecule has 0 amide bonds. The maximum absolute atomic E-state index is 10.2. The lowest BCUT2D eigenvalue weighted by molar-refractivity contribution is 0.0182. The molecule has 0 bridgehead atoms. The summed E-state index contributed by atoms with van der Waals surface area (Å²) in [5.74, 6) is 0.243. The highest BCUT2D eigenvalue weighted by molar-refractivity contribution is 5.27. The minimum absolute atomic E-state index is 0.243. The third-order valence-corrected chi connectivity index (χ3v) is 3.31. The molecule has 1 atom stereocenters. The number of aromatic hydroxyl groups is 1. The van der Waals surface area contributed by atoms with E-state index in [9.17, 15) is 10.2 Å². The van der Waals surface area contributed by atoms with Gasteiger partial charge in [-0.3, -0.25) is 0 Å². The number of aliphatic hydroxyl groups excluding tert-OH is 1. The number of hydrogen-bond donors (Lipinski definition) is 2. The SMILES string of the molecule is CN(C)C(C)(C)C(O)Cc1cccc(O)c1. The van der Waals surface area contributed by atoms with Crippen LogP contribution in [-0.2, 0) is 6.42 Å². The minimum Gasteiger partial charge on any atom is -0.508 e. The molecule has 0 radical (unpaired) electrons. The van der Waals surface area contributed by atoms with Gasteiger partial charge in [-0.15, -0.1) is 0 Å². The van der Waals surface area contributed by atoms with Crippen LogP contribution in [0.5, 0.6) is 5.75 Å². The van der Waals surface area contributed by atoms with Gasteiger partial charge in [-0.25, -0.2) is 0 Å². The lowest BCUT2D eigenvalue weighted by Crippen LogP contribution is -2.49. The highest BCUT2D eigenvalue weighted by Crippen LogP contribution is 2.21. The fourth-order valence-electron chi connectivity index (χ4n) is 1.45. The van der Waals surface area contributed by atoms with Gasteiger partial charge in [-0.05, 0) is 45.6 Å². The molecule has 0 aromatic heterocycles. The summed E-state index contributed by atoms with van der Waals surface area (Å²) < 4.78 is 0. The van der Waals surface area contributed by atoms with Crippen molar-refractivity contribution in [3.05, 3.63) is 29.8 Å². The maximum Gasteiger partial charge on any atom is 0.115 e. The third kappa shape index (κ3) is 2.97. The van der Waals surface area contributed by atoms with Gasteiger partial charge >= 0.3 is 0 Å². The van der Waals surface area contributed by atoms with Gasteiger partial charge in [0, 0.05) is 12.0 Å². The maximum atomic E-state index is 10.2. The van der Waals surface area contributed by atoms with Crippen LogP contribution in [0.2, 0.25) is 0 Å². The highest BCUT2D eigenvalue weighted by atomic mass is 16.3. The van der Waals surface area contributed by atoms with Crippen LogP contribution in [0, 0.1) is 0 Å². The Balaban J connectivity index is 2.75. The summed E-state index contributed by atoms with van der Waals surface area (Å²) in [7, 11) is 3.90. The zero-order chi connectivity index (χ0) is 12.3. The molecule has 1 aromatic rings. The molecular formula is C13H21NO2. The van der Waals surface area contributed by atoms with Gasteiger partial charge in [0.15, 0.2) is 0 Å². The summed E-state index contributed by atoms with van der Waals surface area (Å²) in [6.45, 7) is 4.00. The van der Waals surface area contributed by atoms with E-state index in [2.05, 4.69) is 0 Å². The third-order valence-electron chi connectivity index (χ3n) is 3.31. The van der Waals surface area contributed by atoms with Gasteiger partial charge in [-0.2, -0.15) is 0 Å². The number of hydrogen-bond acceptors (Lipinski definition) is 3. The lowest BCUT2D eigenvalue weighted by Gasteiger charge is -2.37. The molecular weight excluding hydrogens is 202 g/mol. The molecule has 0 heterocycles. The summed E-state index contributed by atoms with van der Waals surface area (Å²) in [4.78, 5) is 2.00. The summed E-state index contributed by atoms with van der Waals surface area (Å²) in [5, 5.41) is 19.5. The van der Waals surface area contributed by atoms with E-state index in [0.29, 0.717) is 6.42 Å². The van der Waals surface area contributed by atoms with Gasteiger partial charge < -0.3 is 15.1 Å². The van der Waals surface area contributed by atoms with Crippen LogP contribution in [0.4, 0.5) is 0 Å². The second-order valence-electron chi connectivity index (χ2n) is 4.94. The number of likely N-dealkylation sites (N-methyl/N-ethyl adjacent to an activating group) is 1. The molecule has 0 saturated heterocycles. The lowest BCUT2D eigenvalue weighted by atomic mass is 9.91. The van der Waals surface area contributed by atoms with E-state index < -0.39 is 6.10 Å². The second-order valence-corrected chi connectivity index (χ2v) is 4.94. The van der Waals surface area contributed by atoms with Crippen LogP contribution >= 0.6 is 0 Å². The topological polar surface area (TPSA) is 43.7 Å². The molecule has 0 fully saturated rings. The molecule has 0 saturated carbocycles. The predicted octanol–water partition coefficient (Wildman–Crippen LogP) is 1.64. The molecule has 0 aliphatic heterocycles. The fraction of sp³-hybridized carbons (Fsp3) is 0.538. The van der Waals surface area contributed by atoms with E-state index in [1.807, 2.05) is 38.9 Å². The number of rotatable bonds is 4. The van der Waals surface area contributed by atoms with E-state index in [1.54, 1.807) is 18.2 Å². The first-order valence-corrected chi connectivity index (χ1v) is 5.47. The fourth-order valence-corrected chi connectivity index (χ4v) is 1.45. The number of benzene rings is 1. The Bertz CT molecular complexity index is 348. The quantitative estimate of drug-likeness (QED) is 0.815. The van der Waals surface area contributed by atoms with Gasteiger partial charge in [-0.1, -0.05) is 12.1 Å². The second kappa shape index (κ2) is 4.85. The van der Waals surface area contributed by atoms with Gasteiger partial charge in [0.1, 0.15) is 5.75 Å². The highest BCUT2D eigenvalue weighted by Gasteiger charge is 2.29. The molecule has 1 unspecified atom stereocenters. The Kier molecular flexibility index (Phi) is 3.94. The van der Waals surface area contributed by atoms with E-state index >= 15 is 0 Å². The van der Waals surface area contributed by atoms with E-state index in [4.69, 9.17) is 0 Å². The Morgan fingerprint density at radius 1 is 1.31 bits per heavy atom. The van der Waals surface area contributed by atoms with Crippen molar-refractivity contribution in [3.8, 4) is 5.75 Å². The van der Waals surface area contributed by atoms with Crippen LogP contribution < -0.4 is 0 Å². The van der Waals surface area contributed by atoms with Crippen molar-refractivity contribution >= 4 is 0 Å². The number of aliphatic hydroxyl groups is 1. The molecule has 16 heavy (non-hydrogen) atoms. The van der Waals surface area contributed by atoms with Crippen LogP contribution in [0.25, 0.3) is 0 Å². The summed E-state index contributed by atoms with van der Waals surface area (Å²) in [5.41, 5.74) is 0.660. The Hall–Kier alpha value is -1.06. The number of phenols is 1. The first-order chi connectivity index (χ1) is 7.34. The van der Waals surface area contributed by atoms with Crippen LogP contribution in [0.15, 0.2) is 24.3 Å². The van der Waals surface area contributed by atoms with Crippen LogP contribution in [0.1, 0.15) is 19.4 Å². The van der Waals surface area contributed by atoms with Crippen molar-refractivity contribution in [1.82, 2.24) is 4.90 Å². The van der Waals surface area contributed by atoms with Gasteiger partial charge in [0.2, 0.25) is 0 Å². The zero-order valence-electron chi connectivity index (χ0n) is 10.4. The zero-order valence-corrected chi connectivity index (χ0v) is 10.4. The van der Waals surface area contributed by atoms with Crippen molar-refractivity contribution in [2.75, 3.05) is 14.1 Å². The number of phenolic OH excluding ortho intramolecular Hbond substituents is 1. The normalized spacial score (nSPS) is 14.1. The Labute approximate surface area is 97.3 Å². The standard InChI is InChI=1S/C13H21NO2/c1-13(2,14(3)4)12(16)9-10-6-5-7-11(15)8-10/h5-8,12,15-16H,9H2,1-4H3. The monoisotopic (exact) mass is 223 g/mol. The molecule has 1 rings (SSSR count). The molecule has 1 aromatic carbocycles. The minimum atomic E-state index is -0.468. The smallest absolute Gasteiger partial charge is 0.115 e. The predicted molar refractivity (Wildman–Crippen MR) is 65.6 cm³/mol. The molecule has 0 aliphatic carbocycles. The van der Waals surface area contributed by atoms with Crippen molar-refractivity contribution in [1.29, 1.82) is 0 Å². The van der Waals surface area contributed by atoms with Crippen molar-refractivity contribution < 1.29 is 10.2 Å². The molecule has 0 aliphatic rings. The van der Waals surface area contributed by atoms with Crippen molar-refractivity contribution in [3.63, 3.8) is 0 Å². The summed E-state index contributed by atoms with van der Waals surface area (Å²) in [6.07, 6.45) is 0.0730. The van der Waals surface area contributed by atoms with E-state index in [0.717, 1.165) is 5.56 Å². The Morgan fingerprint density at radius 3 is 2.44 bits per heavy atom. The van der Waals surface area contributed by atoms with Crippen molar-refractivity contribution in [2.24, 2.45) is 0 Å². The molecule has 90 valence electrons. The van der Waals surface area contributed by atoms with Gasteiger partial charge in [0.25, 0.3) is 0 Å². The molecule has 0 spiro atoms. The van der Waals surface area contributed by atoms with Crippen LogP contribution in [0.3, 0.4) is 0 Å². The summed E-state index contributed by atoms with van der Waals surface area (Å²) in [6, 6.07) is 7.02. The average Bonchev–Trinajstić information content (AvgIpc) is 2.17. The first-order valence-electron chi connectivity index (χ1n) is 5.47. The molecule has 2 N–H and O–H groups in total. The van der Waals surface area contributed by atoms with E-state index in [1.165, 1.54) is 0 Å². The average molecular weight is 223 g/mol. The largest absolute Gasteiger partial charge is 0.508 e. The molecule has 3 heteroatoms. The van der Waals surface area contributed by atoms with Crippen LogP contribution in [-0.4, -0.2) is 40.9 Å². The van der Waals surface area contributed by atoms with Gasteiger partial charge in [0.05, 0.1) is 6.10 Å². The summed E-state index contributed by atoms with van der Waals surface area (Å²) >= 11 is 0. The van der Waals surface area contributed by atoms with E-state index in [-0.39, 0.29) is 11.3 Å². The number of nitrogens with zero attached hydrogens (tertiary/aromatic N) is 1. The molecule has 3 nitrogen and oxygen atoms in total. The van der Waals surface area contributed by atoms with Crippen molar-refractivity contribution in [2.45, 2.75) is 31.9 Å².